The molecular formula is C13H22N2O2. The van der Waals surface area contributed by atoms with E-state index in [-0.39, 0.29) is 5.41 Å². The number of rotatable bonds is 1. The second-order valence-corrected chi connectivity index (χ2v) is 5.98. The first kappa shape index (κ1) is 11.5. The summed E-state index contributed by atoms with van der Waals surface area (Å²) in [7, 11) is 0. The Bertz CT molecular complexity index is 301. The van der Waals surface area contributed by atoms with Crippen LogP contribution in [0.2, 0.25) is 0 Å². The van der Waals surface area contributed by atoms with Crippen molar-refractivity contribution in [2.75, 3.05) is 26.2 Å². The normalized spacial score (nSPS) is 35.9. The molecule has 0 aromatic carbocycles. The average molecular weight is 238 g/mol. The molecule has 3 fully saturated rings. The van der Waals surface area contributed by atoms with E-state index in [0.29, 0.717) is 18.1 Å². The minimum Gasteiger partial charge on any atom is -0.371 e. The molecule has 0 aromatic rings. The molecule has 4 heteroatoms. The second-order valence-electron chi connectivity index (χ2n) is 5.98. The van der Waals surface area contributed by atoms with E-state index in [0.717, 1.165) is 51.9 Å². The van der Waals surface area contributed by atoms with Gasteiger partial charge in [0, 0.05) is 18.5 Å². The highest BCUT2D eigenvalue weighted by Crippen LogP contribution is 2.34. The highest BCUT2D eigenvalue weighted by molar-refractivity contribution is 5.82. The van der Waals surface area contributed by atoms with Gasteiger partial charge in [0.25, 0.3) is 0 Å². The zero-order chi connectivity index (χ0) is 11.9. The van der Waals surface area contributed by atoms with Crippen LogP contribution in [0, 0.1) is 5.41 Å². The van der Waals surface area contributed by atoms with E-state index in [2.05, 4.69) is 17.1 Å². The highest BCUT2D eigenvalue weighted by atomic mass is 16.5. The Hall–Kier alpha value is -0.610. The van der Waals surface area contributed by atoms with Gasteiger partial charge in [0.05, 0.1) is 12.2 Å². The van der Waals surface area contributed by atoms with Crippen LogP contribution in [0.4, 0.5) is 0 Å². The van der Waals surface area contributed by atoms with Crippen LogP contribution in [0.15, 0.2) is 0 Å². The van der Waals surface area contributed by atoms with E-state index in [1.54, 1.807) is 0 Å². The van der Waals surface area contributed by atoms with E-state index in [9.17, 15) is 4.79 Å². The van der Waals surface area contributed by atoms with Crippen molar-refractivity contribution >= 4 is 5.91 Å². The summed E-state index contributed by atoms with van der Waals surface area (Å²) in [6.07, 6.45) is 4.82. The fourth-order valence-electron chi connectivity index (χ4n) is 3.35. The number of carbonyl (C=O) groups is 1. The Morgan fingerprint density at radius 1 is 1.24 bits per heavy atom. The third kappa shape index (κ3) is 2.08. The first-order valence-electron chi connectivity index (χ1n) is 6.83. The molecule has 3 heterocycles. The molecule has 0 radical (unpaired) electrons. The molecule has 2 unspecified atom stereocenters. The predicted molar refractivity (Wildman–Crippen MR) is 64.7 cm³/mol. The Morgan fingerprint density at radius 2 is 1.82 bits per heavy atom. The fourth-order valence-corrected chi connectivity index (χ4v) is 3.35. The van der Waals surface area contributed by atoms with Gasteiger partial charge in [0.15, 0.2) is 0 Å². The lowest BCUT2D eigenvalue weighted by molar-refractivity contribution is -0.151. The van der Waals surface area contributed by atoms with Crippen molar-refractivity contribution < 1.29 is 9.53 Å². The van der Waals surface area contributed by atoms with Crippen molar-refractivity contribution in [1.29, 1.82) is 0 Å². The molecule has 3 rings (SSSR count). The van der Waals surface area contributed by atoms with Gasteiger partial charge < -0.3 is 15.0 Å². The van der Waals surface area contributed by atoms with Gasteiger partial charge in [-0.15, -0.1) is 0 Å². The maximum absolute atomic E-state index is 12.6. The van der Waals surface area contributed by atoms with E-state index < -0.39 is 0 Å². The van der Waals surface area contributed by atoms with E-state index in [4.69, 9.17) is 4.74 Å². The van der Waals surface area contributed by atoms with E-state index >= 15 is 0 Å². The summed E-state index contributed by atoms with van der Waals surface area (Å²) in [5, 5.41) is 3.33. The number of nitrogens with zero attached hydrogens (tertiary/aromatic N) is 1. The zero-order valence-corrected chi connectivity index (χ0v) is 10.6. The molecule has 0 aromatic heterocycles. The van der Waals surface area contributed by atoms with Crippen LogP contribution in [0.5, 0.6) is 0 Å². The van der Waals surface area contributed by atoms with E-state index in [1.165, 1.54) is 0 Å². The second kappa shape index (κ2) is 4.25. The molecule has 1 amide bonds. The molecule has 96 valence electrons. The maximum atomic E-state index is 12.6. The summed E-state index contributed by atoms with van der Waals surface area (Å²) in [5.41, 5.74) is -0.137. The van der Waals surface area contributed by atoms with Gasteiger partial charge in [-0.3, -0.25) is 4.79 Å². The standard InChI is InChI=1S/C13H22N2O2/c1-13(4-6-14-7-5-13)12(16)15-8-10-2-3-11(9-15)17-10/h10-11,14H,2-9H2,1H3. The molecule has 0 aliphatic carbocycles. The smallest absolute Gasteiger partial charge is 0.228 e. The molecule has 2 atom stereocenters. The number of fused-ring (bicyclic) bond motifs is 2. The van der Waals surface area contributed by atoms with Gasteiger partial charge in [-0.2, -0.15) is 0 Å². The minimum atomic E-state index is -0.137. The van der Waals surface area contributed by atoms with Crippen molar-refractivity contribution in [3.05, 3.63) is 0 Å². The van der Waals surface area contributed by atoms with Crippen molar-refractivity contribution in [3.8, 4) is 0 Å². The van der Waals surface area contributed by atoms with Crippen LogP contribution in [0.25, 0.3) is 0 Å². The Balaban J connectivity index is 1.69. The van der Waals surface area contributed by atoms with Crippen LogP contribution in [-0.4, -0.2) is 49.2 Å². The molecule has 2 bridgehead atoms. The Morgan fingerprint density at radius 3 is 2.41 bits per heavy atom. The molecule has 0 saturated carbocycles. The molecule has 0 spiro atoms. The lowest BCUT2D eigenvalue weighted by Crippen LogP contribution is -2.53. The minimum absolute atomic E-state index is 0.137. The number of carbonyl (C=O) groups excluding carboxylic acids is 1. The molecule has 3 aliphatic rings. The Labute approximate surface area is 103 Å². The number of nitrogens with one attached hydrogen (secondary N) is 1. The summed E-state index contributed by atoms with van der Waals surface area (Å²) >= 11 is 0. The van der Waals surface area contributed by atoms with Gasteiger partial charge >= 0.3 is 0 Å². The van der Waals surface area contributed by atoms with Gasteiger partial charge in [0.1, 0.15) is 0 Å². The summed E-state index contributed by atoms with van der Waals surface area (Å²) in [6, 6.07) is 0. The topological polar surface area (TPSA) is 41.6 Å². The maximum Gasteiger partial charge on any atom is 0.228 e. The number of likely N-dealkylation sites (tertiary alicyclic amines) is 1. The molecule has 17 heavy (non-hydrogen) atoms. The first-order chi connectivity index (χ1) is 8.17. The number of morpholine rings is 1. The van der Waals surface area contributed by atoms with Crippen LogP contribution in [0.1, 0.15) is 32.6 Å². The van der Waals surface area contributed by atoms with Crippen molar-refractivity contribution in [2.45, 2.75) is 44.8 Å². The molecule has 4 nitrogen and oxygen atoms in total. The molecular weight excluding hydrogens is 216 g/mol. The van der Waals surface area contributed by atoms with Gasteiger partial charge in [0.2, 0.25) is 5.91 Å². The van der Waals surface area contributed by atoms with Gasteiger partial charge in [-0.05, 0) is 38.8 Å². The lowest BCUT2D eigenvalue weighted by Gasteiger charge is -2.40. The number of hydrogen-bond acceptors (Lipinski definition) is 3. The van der Waals surface area contributed by atoms with Crippen LogP contribution >= 0.6 is 0 Å². The number of amides is 1. The fraction of sp³-hybridized carbons (Fsp3) is 0.923. The quantitative estimate of drug-likeness (QED) is 0.733. The summed E-state index contributed by atoms with van der Waals surface area (Å²) in [5.74, 6) is 0.360. The predicted octanol–water partition coefficient (Wildman–Crippen LogP) is 0.766. The third-order valence-electron chi connectivity index (χ3n) is 4.55. The lowest BCUT2D eigenvalue weighted by atomic mass is 9.79. The van der Waals surface area contributed by atoms with Crippen molar-refractivity contribution in [2.24, 2.45) is 5.41 Å². The SMILES string of the molecule is CC1(C(=O)N2CC3CCC(C2)O3)CCNCC1. The summed E-state index contributed by atoms with van der Waals surface area (Å²) in [6.45, 7) is 5.71. The van der Waals surface area contributed by atoms with Crippen molar-refractivity contribution in [3.63, 3.8) is 0 Å². The third-order valence-corrected chi connectivity index (χ3v) is 4.55. The highest BCUT2D eigenvalue weighted by Gasteiger charge is 2.42. The van der Waals surface area contributed by atoms with E-state index in [1.807, 2.05) is 0 Å². The number of piperidine rings is 1. The van der Waals surface area contributed by atoms with Crippen molar-refractivity contribution in [1.82, 2.24) is 10.2 Å². The van der Waals surface area contributed by atoms with Gasteiger partial charge in [-0.25, -0.2) is 0 Å². The number of ether oxygens (including phenoxy) is 1. The zero-order valence-electron chi connectivity index (χ0n) is 10.6. The largest absolute Gasteiger partial charge is 0.371 e. The van der Waals surface area contributed by atoms with Crippen LogP contribution in [0.3, 0.4) is 0 Å². The molecule has 3 saturated heterocycles. The van der Waals surface area contributed by atoms with Crippen LogP contribution in [-0.2, 0) is 9.53 Å². The first-order valence-corrected chi connectivity index (χ1v) is 6.83. The molecule has 1 N–H and O–H groups in total. The van der Waals surface area contributed by atoms with Crippen LogP contribution < -0.4 is 5.32 Å². The average Bonchev–Trinajstić information content (AvgIpc) is 2.68. The van der Waals surface area contributed by atoms with Gasteiger partial charge in [-0.1, -0.05) is 6.92 Å². The summed E-state index contributed by atoms with van der Waals surface area (Å²) < 4.78 is 5.79. The monoisotopic (exact) mass is 238 g/mol. The number of hydrogen-bond donors (Lipinski definition) is 1. The Kier molecular flexibility index (Phi) is 2.87. The molecule has 3 aliphatic heterocycles. The summed E-state index contributed by atoms with van der Waals surface area (Å²) in [4.78, 5) is 14.7.